The van der Waals surface area contributed by atoms with E-state index in [9.17, 15) is 18.3 Å². The smallest absolute Gasteiger partial charge is 0.303 e. The molecule has 0 aliphatic carbocycles. The van der Waals surface area contributed by atoms with Gasteiger partial charge in [-0.25, -0.2) is 8.42 Å². The number of rotatable bonds is 6. The van der Waals surface area contributed by atoms with Crippen LogP contribution in [0.1, 0.15) is 38.3 Å². The first-order valence-electron chi connectivity index (χ1n) is 10.7. The molecule has 9 heteroatoms. The minimum atomic E-state index is -3.72. The average molecular weight is 480 g/mol. The first kappa shape index (κ1) is 23.4. The number of aliphatic carboxylic acids is 1. The minimum Gasteiger partial charge on any atom is -0.505 e. The van der Waals surface area contributed by atoms with Gasteiger partial charge in [-0.15, -0.1) is 15.0 Å². The second kappa shape index (κ2) is 8.57. The maximum Gasteiger partial charge on any atom is 0.303 e. The van der Waals surface area contributed by atoms with Crippen LogP contribution in [0.25, 0.3) is 16.7 Å². The Morgan fingerprint density at radius 3 is 2.26 bits per heavy atom. The highest BCUT2D eigenvalue weighted by Crippen LogP contribution is 2.36. The number of hydrogen-bond donors (Lipinski definition) is 2. The zero-order valence-electron chi connectivity index (χ0n) is 19.1. The van der Waals surface area contributed by atoms with Gasteiger partial charge >= 0.3 is 5.97 Å². The fraction of sp³-hybridized carbons (Fsp3) is 0.240. The van der Waals surface area contributed by atoms with Gasteiger partial charge in [-0.3, -0.25) is 4.79 Å². The van der Waals surface area contributed by atoms with E-state index < -0.39 is 21.2 Å². The van der Waals surface area contributed by atoms with Crippen LogP contribution < -0.4 is 0 Å². The van der Waals surface area contributed by atoms with E-state index in [4.69, 9.17) is 5.11 Å². The number of aromatic hydroxyl groups is 1. The highest BCUT2D eigenvalue weighted by atomic mass is 32.2. The van der Waals surface area contributed by atoms with Crippen molar-refractivity contribution in [3.8, 4) is 11.4 Å². The van der Waals surface area contributed by atoms with Crippen molar-refractivity contribution in [3.05, 3.63) is 71.8 Å². The lowest BCUT2D eigenvalue weighted by atomic mass is 9.84. The van der Waals surface area contributed by atoms with Crippen molar-refractivity contribution in [1.29, 1.82) is 0 Å². The molecule has 1 aromatic heterocycles. The summed E-state index contributed by atoms with van der Waals surface area (Å²) in [6.07, 6.45) is 0.231. The molecule has 0 radical (unpaired) electrons. The van der Waals surface area contributed by atoms with Crippen LogP contribution in [0.2, 0.25) is 0 Å². The summed E-state index contributed by atoms with van der Waals surface area (Å²) in [7, 11) is -3.72. The average Bonchev–Trinajstić information content (AvgIpc) is 3.21. The number of carboxylic acid groups (broad SMARTS) is 1. The summed E-state index contributed by atoms with van der Waals surface area (Å²) in [6.45, 7) is 5.83. The lowest BCUT2D eigenvalue weighted by Crippen LogP contribution is -2.14. The molecule has 8 nitrogen and oxygen atoms in total. The van der Waals surface area contributed by atoms with E-state index in [1.807, 2.05) is 20.8 Å². The second-order valence-corrected chi connectivity index (χ2v) is 11.1. The summed E-state index contributed by atoms with van der Waals surface area (Å²) in [5, 5.41) is 29.0. The largest absolute Gasteiger partial charge is 0.505 e. The maximum atomic E-state index is 13.0. The summed E-state index contributed by atoms with van der Waals surface area (Å²) in [4.78, 5) is 12.6. The van der Waals surface area contributed by atoms with Crippen molar-refractivity contribution in [3.63, 3.8) is 0 Å². The van der Waals surface area contributed by atoms with Crippen molar-refractivity contribution >= 4 is 26.8 Å². The predicted octanol–water partition coefficient (Wildman–Crippen LogP) is 4.27. The Morgan fingerprint density at radius 1 is 0.941 bits per heavy atom. The van der Waals surface area contributed by atoms with Crippen molar-refractivity contribution in [1.82, 2.24) is 15.0 Å². The third kappa shape index (κ3) is 4.51. The maximum absolute atomic E-state index is 13.0. The molecule has 0 spiro atoms. The van der Waals surface area contributed by atoms with E-state index in [0.29, 0.717) is 22.3 Å². The normalized spacial score (nSPS) is 12.2. The molecular weight excluding hydrogens is 454 g/mol. The van der Waals surface area contributed by atoms with Crippen LogP contribution in [0.5, 0.6) is 5.75 Å². The molecular formula is C25H25N3O5S. The number of hydrogen-bond acceptors (Lipinski definition) is 6. The fourth-order valence-electron chi connectivity index (χ4n) is 3.70. The molecule has 0 amide bonds. The van der Waals surface area contributed by atoms with Gasteiger partial charge in [0, 0.05) is 12.0 Å². The second-order valence-electron chi connectivity index (χ2n) is 9.11. The standard InChI is InChI=1S/C25H25N3O5S/c1-25(2,3)19-13-16(9-12-23(29)30)14-22(24(19)31)28-26-20-11-10-18(15-21(20)27-28)34(32,33)17-7-5-4-6-8-17/h4-8,10-11,13-15,31H,9,12H2,1-3H3,(H,29,30). The third-order valence-electron chi connectivity index (χ3n) is 5.52. The highest BCUT2D eigenvalue weighted by molar-refractivity contribution is 7.91. The molecule has 0 atom stereocenters. The number of sulfone groups is 1. The molecule has 3 aromatic carbocycles. The molecule has 1 heterocycles. The Labute approximate surface area is 197 Å². The molecule has 0 unspecified atom stereocenters. The van der Waals surface area contributed by atoms with Gasteiger partial charge in [-0.05, 0) is 53.8 Å². The summed E-state index contributed by atoms with van der Waals surface area (Å²) in [5.74, 6) is -0.925. The minimum absolute atomic E-state index is 0.0102. The van der Waals surface area contributed by atoms with Crippen molar-refractivity contribution in [2.45, 2.75) is 48.8 Å². The topological polar surface area (TPSA) is 122 Å². The first-order chi connectivity index (χ1) is 16.0. The van der Waals surface area contributed by atoms with E-state index in [1.54, 1.807) is 36.4 Å². The molecule has 0 fully saturated rings. The van der Waals surface area contributed by atoms with Gasteiger partial charge in [-0.1, -0.05) is 45.0 Å². The highest BCUT2D eigenvalue weighted by Gasteiger charge is 2.24. The lowest BCUT2D eigenvalue weighted by molar-refractivity contribution is -0.136. The number of phenols is 1. The molecule has 0 aliphatic heterocycles. The zero-order chi connectivity index (χ0) is 24.7. The van der Waals surface area contributed by atoms with Gasteiger partial charge in [0.15, 0.2) is 0 Å². The molecule has 4 aromatic rings. The monoisotopic (exact) mass is 479 g/mol. The van der Waals surface area contributed by atoms with Crippen LogP contribution in [0, 0.1) is 0 Å². The van der Waals surface area contributed by atoms with E-state index in [0.717, 1.165) is 5.56 Å². The van der Waals surface area contributed by atoms with E-state index in [1.165, 1.54) is 29.1 Å². The number of aromatic nitrogens is 3. The Morgan fingerprint density at radius 2 is 1.62 bits per heavy atom. The van der Waals surface area contributed by atoms with Gasteiger partial charge in [0.1, 0.15) is 22.5 Å². The van der Waals surface area contributed by atoms with Crippen molar-refractivity contribution < 1.29 is 23.4 Å². The van der Waals surface area contributed by atoms with Gasteiger partial charge in [0.05, 0.1) is 9.79 Å². The number of carboxylic acids is 1. The van der Waals surface area contributed by atoms with Crippen LogP contribution in [0.4, 0.5) is 0 Å². The Balaban J connectivity index is 1.82. The first-order valence-corrected chi connectivity index (χ1v) is 12.2. The van der Waals surface area contributed by atoms with E-state index in [-0.39, 0.29) is 28.4 Å². The van der Waals surface area contributed by atoms with Gasteiger partial charge in [0.2, 0.25) is 9.84 Å². The zero-order valence-corrected chi connectivity index (χ0v) is 19.9. The van der Waals surface area contributed by atoms with Crippen LogP contribution in [-0.4, -0.2) is 39.6 Å². The molecule has 2 N–H and O–H groups in total. The van der Waals surface area contributed by atoms with E-state index >= 15 is 0 Å². The number of aryl methyl sites for hydroxylation is 1. The number of nitrogens with zero attached hydrogens (tertiary/aromatic N) is 3. The van der Waals surface area contributed by atoms with E-state index in [2.05, 4.69) is 10.2 Å². The number of phenolic OH excluding ortho intramolecular Hbond substituents is 1. The SMILES string of the molecule is CC(C)(C)c1cc(CCC(=O)O)cc(-n2nc3ccc(S(=O)(=O)c4ccccc4)cc3n2)c1O. The Kier molecular flexibility index (Phi) is 5.91. The quantitative estimate of drug-likeness (QED) is 0.423. The molecule has 4 rings (SSSR count). The Hall–Kier alpha value is -3.72. The predicted molar refractivity (Wildman–Crippen MR) is 127 cm³/mol. The fourth-order valence-corrected chi connectivity index (χ4v) is 5.00. The summed E-state index contributed by atoms with van der Waals surface area (Å²) >= 11 is 0. The molecule has 34 heavy (non-hydrogen) atoms. The molecule has 0 saturated heterocycles. The van der Waals surface area contributed by atoms with Crippen LogP contribution >= 0.6 is 0 Å². The van der Waals surface area contributed by atoms with Crippen molar-refractivity contribution in [2.24, 2.45) is 0 Å². The van der Waals surface area contributed by atoms with Gasteiger partial charge in [-0.2, -0.15) is 0 Å². The number of benzene rings is 3. The van der Waals surface area contributed by atoms with Crippen LogP contribution in [-0.2, 0) is 26.5 Å². The van der Waals surface area contributed by atoms with Crippen LogP contribution in [0.15, 0.2) is 70.5 Å². The molecule has 0 aliphatic rings. The molecule has 0 bridgehead atoms. The summed E-state index contributed by atoms with van der Waals surface area (Å²) < 4.78 is 26.0. The van der Waals surface area contributed by atoms with Gasteiger partial charge < -0.3 is 10.2 Å². The van der Waals surface area contributed by atoms with Crippen molar-refractivity contribution in [2.75, 3.05) is 0 Å². The third-order valence-corrected chi connectivity index (χ3v) is 7.28. The van der Waals surface area contributed by atoms with Crippen LogP contribution in [0.3, 0.4) is 0 Å². The Bertz CT molecular complexity index is 1490. The number of fused-ring (bicyclic) bond motifs is 1. The summed E-state index contributed by atoms with van der Waals surface area (Å²) in [5.41, 5.74) is 2.07. The summed E-state index contributed by atoms with van der Waals surface area (Å²) in [6, 6.07) is 16.1. The lowest BCUT2D eigenvalue weighted by Gasteiger charge is -2.23. The number of carbonyl (C=O) groups is 1. The van der Waals surface area contributed by atoms with Gasteiger partial charge in [0.25, 0.3) is 0 Å². The molecule has 176 valence electrons. The molecule has 0 saturated carbocycles.